The summed E-state index contributed by atoms with van der Waals surface area (Å²) in [6.45, 7) is 5.45. The molecule has 0 bridgehead atoms. The van der Waals surface area contributed by atoms with Crippen LogP contribution < -0.4 is 5.32 Å². The fraction of sp³-hybridized carbons (Fsp3) is 0.538. The first-order valence-electron chi connectivity index (χ1n) is 6.30. The van der Waals surface area contributed by atoms with Gasteiger partial charge in [-0.1, -0.05) is 6.92 Å². The molecule has 0 amide bonds. The highest BCUT2D eigenvalue weighted by Crippen LogP contribution is 2.28. The quantitative estimate of drug-likeness (QED) is 0.790. The lowest BCUT2D eigenvalue weighted by molar-refractivity contribution is 0.296. The van der Waals surface area contributed by atoms with E-state index in [9.17, 15) is 0 Å². The number of nitrogens with zero attached hydrogens (tertiary/aromatic N) is 2. The van der Waals surface area contributed by atoms with Crippen molar-refractivity contribution in [2.24, 2.45) is 5.92 Å². The minimum absolute atomic E-state index is 0.345. The van der Waals surface area contributed by atoms with Crippen molar-refractivity contribution in [2.75, 3.05) is 6.54 Å². The lowest BCUT2D eigenvalue weighted by Gasteiger charge is -2.28. The number of H-pyrrole nitrogens is 1. The Morgan fingerprint density at radius 1 is 1.41 bits per heavy atom. The molecule has 0 saturated carbocycles. The predicted octanol–water partition coefficient (Wildman–Crippen LogP) is 2.33. The maximum Gasteiger partial charge on any atom is 0.178 e. The molecule has 2 aromatic rings. The number of fused-ring (bicyclic) bond motifs is 1. The van der Waals surface area contributed by atoms with Gasteiger partial charge in [-0.3, -0.25) is 0 Å². The lowest BCUT2D eigenvalue weighted by Crippen LogP contribution is -2.33. The third kappa shape index (κ3) is 1.82. The summed E-state index contributed by atoms with van der Waals surface area (Å²) < 4.78 is 0. The highest BCUT2D eigenvalue weighted by Gasteiger charge is 2.25. The van der Waals surface area contributed by atoms with Gasteiger partial charge in [0.25, 0.3) is 0 Å². The van der Waals surface area contributed by atoms with Crippen LogP contribution in [0.25, 0.3) is 11.2 Å². The minimum Gasteiger partial charge on any atom is -0.339 e. The first kappa shape index (κ1) is 10.7. The Bertz CT molecular complexity index is 531. The Kier molecular flexibility index (Phi) is 2.59. The minimum atomic E-state index is 0.345. The van der Waals surface area contributed by atoms with Crippen LogP contribution in [0.1, 0.15) is 37.2 Å². The zero-order chi connectivity index (χ0) is 11.8. The van der Waals surface area contributed by atoms with Gasteiger partial charge >= 0.3 is 0 Å². The molecular weight excluding hydrogens is 212 g/mol. The number of nitrogens with one attached hydrogen (secondary N) is 2. The van der Waals surface area contributed by atoms with Gasteiger partial charge in [0.2, 0.25) is 0 Å². The summed E-state index contributed by atoms with van der Waals surface area (Å²) in [5.41, 5.74) is 3.11. The average Bonchev–Trinajstić information content (AvgIpc) is 2.75. The highest BCUT2D eigenvalue weighted by molar-refractivity contribution is 5.74. The Labute approximate surface area is 101 Å². The molecule has 2 N–H and O–H groups in total. The summed E-state index contributed by atoms with van der Waals surface area (Å²) in [5.74, 6) is 1.67. The Balaban J connectivity index is 2.02. The first-order valence-corrected chi connectivity index (χ1v) is 6.30. The van der Waals surface area contributed by atoms with E-state index in [4.69, 9.17) is 0 Å². The van der Waals surface area contributed by atoms with Crippen LogP contribution in [0.2, 0.25) is 0 Å². The number of piperidine rings is 1. The van der Waals surface area contributed by atoms with Crippen LogP contribution in [0.5, 0.6) is 0 Å². The van der Waals surface area contributed by atoms with Gasteiger partial charge in [0.15, 0.2) is 5.65 Å². The average molecular weight is 230 g/mol. The molecule has 0 aromatic carbocycles. The van der Waals surface area contributed by atoms with Gasteiger partial charge in [-0.2, -0.15) is 0 Å². The molecule has 0 aliphatic carbocycles. The summed E-state index contributed by atoms with van der Waals surface area (Å²) in [4.78, 5) is 12.4. The maximum atomic E-state index is 4.62. The molecular formula is C13H18N4. The number of rotatable bonds is 1. The van der Waals surface area contributed by atoms with Crippen LogP contribution in [0, 0.1) is 12.8 Å². The largest absolute Gasteiger partial charge is 0.339 e. The number of imidazole rings is 1. The van der Waals surface area contributed by atoms with E-state index in [0.717, 1.165) is 23.5 Å². The topological polar surface area (TPSA) is 53.6 Å². The molecule has 17 heavy (non-hydrogen) atoms. The molecule has 1 aliphatic heterocycles. The molecule has 1 aliphatic rings. The monoisotopic (exact) mass is 230 g/mol. The molecule has 90 valence electrons. The van der Waals surface area contributed by atoms with E-state index in [-0.39, 0.29) is 0 Å². The van der Waals surface area contributed by atoms with Gasteiger partial charge in [0.1, 0.15) is 5.82 Å². The van der Waals surface area contributed by atoms with Gasteiger partial charge in [-0.05, 0) is 43.9 Å². The smallest absolute Gasteiger partial charge is 0.178 e. The van der Waals surface area contributed by atoms with Gasteiger partial charge in [0, 0.05) is 6.20 Å². The molecule has 1 fully saturated rings. The van der Waals surface area contributed by atoms with Gasteiger partial charge in [-0.15, -0.1) is 0 Å². The number of aromatic amines is 1. The number of aromatic nitrogens is 3. The van der Waals surface area contributed by atoms with Crippen LogP contribution in [-0.4, -0.2) is 21.5 Å². The summed E-state index contributed by atoms with van der Waals surface area (Å²) in [6, 6.07) is 2.36. The summed E-state index contributed by atoms with van der Waals surface area (Å²) in [7, 11) is 0. The second-order valence-electron chi connectivity index (χ2n) is 5.00. The second-order valence-corrected chi connectivity index (χ2v) is 5.00. The number of pyridine rings is 1. The van der Waals surface area contributed by atoms with Crippen LogP contribution >= 0.6 is 0 Å². The number of aryl methyl sites for hydroxylation is 1. The van der Waals surface area contributed by atoms with Gasteiger partial charge in [0.05, 0.1) is 11.6 Å². The standard InChI is InChI=1S/C13H18N4/c1-8-4-3-6-14-10(8)13-16-11-9(2)5-7-15-12(11)17-13/h5,7-8,10,14H,3-4,6H2,1-2H3,(H,15,16,17). The fourth-order valence-corrected chi connectivity index (χ4v) is 2.62. The van der Waals surface area contributed by atoms with E-state index in [1.165, 1.54) is 18.4 Å². The third-order valence-corrected chi connectivity index (χ3v) is 3.68. The number of hydrogen-bond donors (Lipinski definition) is 2. The molecule has 0 radical (unpaired) electrons. The zero-order valence-electron chi connectivity index (χ0n) is 10.3. The second kappa shape index (κ2) is 4.11. The molecule has 0 spiro atoms. The summed E-state index contributed by atoms with van der Waals surface area (Å²) in [6.07, 6.45) is 4.34. The zero-order valence-corrected chi connectivity index (χ0v) is 10.3. The molecule has 1 saturated heterocycles. The van der Waals surface area contributed by atoms with Crippen molar-refractivity contribution in [3.63, 3.8) is 0 Å². The van der Waals surface area contributed by atoms with Crippen molar-refractivity contribution in [3.8, 4) is 0 Å². The normalized spacial score (nSPS) is 25.3. The molecule has 3 heterocycles. The van der Waals surface area contributed by atoms with E-state index in [1.54, 1.807) is 0 Å². The van der Waals surface area contributed by atoms with Crippen LogP contribution in [-0.2, 0) is 0 Å². The predicted molar refractivity (Wildman–Crippen MR) is 67.8 cm³/mol. The Morgan fingerprint density at radius 3 is 3.06 bits per heavy atom. The molecule has 4 heteroatoms. The highest BCUT2D eigenvalue weighted by atomic mass is 15.1. The van der Waals surface area contributed by atoms with Crippen LogP contribution in [0.4, 0.5) is 0 Å². The Morgan fingerprint density at radius 2 is 2.29 bits per heavy atom. The molecule has 2 aromatic heterocycles. The van der Waals surface area contributed by atoms with Gasteiger partial charge < -0.3 is 10.3 Å². The Hall–Kier alpha value is -1.42. The lowest BCUT2D eigenvalue weighted by atomic mass is 9.92. The van der Waals surface area contributed by atoms with E-state index < -0.39 is 0 Å². The van der Waals surface area contributed by atoms with Crippen molar-refractivity contribution in [1.29, 1.82) is 0 Å². The van der Waals surface area contributed by atoms with Crippen LogP contribution in [0.15, 0.2) is 12.3 Å². The fourth-order valence-electron chi connectivity index (χ4n) is 2.62. The van der Waals surface area contributed by atoms with E-state index in [1.807, 2.05) is 12.3 Å². The van der Waals surface area contributed by atoms with Crippen molar-refractivity contribution < 1.29 is 0 Å². The molecule has 2 unspecified atom stereocenters. The first-order chi connectivity index (χ1) is 8.25. The van der Waals surface area contributed by atoms with Crippen molar-refractivity contribution >= 4 is 11.2 Å². The van der Waals surface area contributed by atoms with Crippen molar-refractivity contribution in [2.45, 2.75) is 32.7 Å². The SMILES string of the molecule is Cc1ccnc2nc(C3NCCCC3C)[nH]c12. The molecule has 4 nitrogen and oxygen atoms in total. The summed E-state index contributed by atoms with van der Waals surface area (Å²) >= 11 is 0. The summed E-state index contributed by atoms with van der Waals surface area (Å²) in [5, 5.41) is 3.54. The third-order valence-electron chi connectivity index (χ3n) is 3.68. The van der Waals surface area contributed by atoms with Crippen molar-refractivity contribution in [3.05, 3.63) is 23.7 Å². The van der Waals surface area contributed by atoms with E-state index in [0.29, 0.717) is 12.0 Å². The van der Waals surface area contributed by atoms with Gasteiger partial charge in [-0.25, -0.2) is 9.97 Å². The molecule has 3 rings (SSSR count). The molecule has 2 atom stereocenters. The number of hydrogen-bond acceptors (Lipinski definition) is 3. The maximum absolute atomic E-state index is 4.62. The van der Waals surface area contributed by atoms with E-state index >= 15 is 0 Å². The van der Waals surface area contributed by atoms with Crippen LogP contribution in [0.3, 0.4) is 0 Å². The van der Waals surface area contributed by atoms with E-state index in [2.05, 4.69) is 34.1 Å². The van der Waals surface area contributed by atoms with Crippen molar-refractivity contribution in [1.82, 2.24) is 20.3 Å².